The van der Waals surface area contributed by atoms with E-state index in [0.717, 1.165) is 31.4 Å². The lowest BCUT2D eigenvalue weighted by atomic mass is 9.99. The van der Waals surface area contributed by atoms with Crippen LogP contribution < -0.4 is 10.1 Å². The predicted octanol–water partition coefficient (Wildman–Crippen LogP) is 2.14. The summed E-state index contributed by atoms with van der Waals surface area (Å²) in [4.78, 5) is 26.7. The van der Waals surface area contributed by atoms with Gasteiger partial charge in [0.2, 0.25) is 11.8 Å². The van der Waals surface area contributed by atoms with Crippen molar-refractivity contribution in [1.29, 1.82) is 0 Å². The van der Waals surface area contributed by atoms with Gasteiger partial charge in [0, 0.05) is 18.9 Å². The van der Waals surface area contributed by atoms with E-state index in [4.69, 9.17) is 4.74 Å². The molecule has 1 fully saturated rings. The maximum absolute atomic E-state index is 12.6. The molecule has 5 nitrogen and oxygen atoms in total. The molecule has 2 amide bonds. The van der Waals surface area contributed by atoms with Gasteiger partial charge in [0.25, 0.3) is 0 Å². The van der Waals surface area contributed by atoms with Gasteiger partial charge in [0.1, 0.15) is 17.9 Å². The van der Waals surface area contributed by atoms with E-state index < -0.39 is 0 Å². The molecular formula is C19H26N2O3. The summed E-state index contributed by atoms with van der Waals surface area (Å²) in [6, 6.07) is 7.64. The molecule has 0 aromatic heterocycles. The van der Waals surface area contributed by atoms with Crippen LogP contribution in [0.1, 0.15) is 38.7 Å². The second-order valence-electron chi connectivity index (χ2n) is 6.99. The first-order valence-electron chi connectivity index (χ1n) is 8.89. The Balaban J connectivity index is 1.55. The summed E-state index contributed by atoms with van der Waals surface area (Å²) in [5, 5.41) is 3.00. The van der Waals surface area contributed by atoms with E-state index in [1.165, 1.54) is 5.56 Å². The van der Waals surface area contributed by atoms with Crippen molar-refractivity contribution in [1.82, 2.24) is 10.2 Å². The fourth-order valence-corrected chi connectivity index (χ4v) is 3.50. The van der Waals surface area contributed by atoms with Gasteiger partial charge in [-0.05, 0) is 30.9 Å². The number of piperidine rings is 1. The maximum Gasteiger partial charge on any atom is 0.242 e. The smallest absolute Gasteiger partial charge is 0.242 e. The Hall–Kier alpha value is -2.04. The van der Waals surface area contributed by atoms with E-state index in [1.54, 1.807) is 4.90 Å². The molecular weight excluding hydrogens is 304 g/mol. The number of ether oxygens (including phenoxy) is 1. The third kappa shape index (κ3) is 3.55. The zero-order valence-electron chi connectivity index (χ0n) is 14.5. The van der Waals surface area contributed by atoms with Crippen LogP contribution in [0.3, 0.4) is 0 Å². The topological polar surface area (TPSA) is 58.6 Å². The number of likely N-dealkylation sites (tertiary alicyclic amines) is 1. The van der Waals surface area contributed by atoms with Crippen LogP contribution in [0.4, 0.5) is 0 Å². The Bertz CT molecular complexity index is 589. The van der Waals surface area contributed by atoms with Gasteiger partial charge in [-0.15, -0.1) is 0 Å². The number of fused-ring (bicyclic) bond motifs is 1. The Morgan fingerprint density at radius 1 is 1.29 bits per heavy atom. The third-order valence-electron chi connectivity index (χ3n) is 4.80. The first-order chi connectivity index (χ1) is 11.6. The van der Waals surface area contributed by atoms with Gasteiger partial charge in [-0.2, -0.15) is 0 Å². The van der Waals surface area contributed by atoms with E-state index in [-0.39, 0.29) is 29.9 Å². The summed E-state index contributed by atoms with van der Waals surface area (Å²) in [5.41, 5.74) is 1.19. The summed E-state index contributed by atoms with van der Waals surface area (Å²) >= 11 is 0. The fraction of sp³-hybridized carbons (Fsp3) is 0.579. The molecule has 2 unspecified atom stereocenters. The molecule has 1 N–H and O–H groups in total. The number of amides is 2. The number of hydrogen-bond acceptors (Lipinski definition) is 3. The van der Waals surface area contributed by atoms with E-state index >= 15 is 0 Å². The van der Waals surface area contributed by atoms with Gasteiger partial charge in [-0.1, -0.05) is 32.0 Å². The molecule has 1 aromatic carbocycles. The van der Waals surface area contributed by atoms with Gasteiger partial charge < -0.3 is 15.0 Å². The largest absolute Gasteiger partial charge is 0.488 e. The van der Waals surface area contributed by atoms with Crippen molar-refractivity contribution in [3.8, 4) is 5.75 Å². The molecule has 2 atom stereocenters. The van der Waals surface area contributed by atoms with Crippen LogP contribution in [-0.4, -0.2) is 41.9 Å². The third-order valence-corrected chi connectivity index (χ3v) is 4.80. The molecule has 2 aliphatic rings. The molecule has 2 aliphatic heterocycles. The van der Waals surface area contributed by atoms with Crippen LogP contribution in [0, 0.1) is 5.92 Å². The minimum atomic E-state index is -0.336. The van der Waals surface area contributed by atoms with Crippen molar-refractivity contribution in [3.63, 3.8) is 0 Å². The molecule has 0 aliphatic carbocycles. The number of nitrogens with zero attached hydrogens (tertiary/aromatic N) is 1. The van der Waals surface area contributed by atoms with E-state index in [0.29, 0.717) is 13.1 Å². The van der Waals surface area contributed by atoms with Crippen molar-refractivity contribution < 1.29 is 14.3 Å². The first-order valence-corrected chi connectivity index (χ1v) is 8.89. The summed E-state index contributed by atoms with van der Waals surface area (Å²) in [7, 11) is 0. The van der Waals surface area contributed by atoms with Gasteiger partial charge in [-0.3, -0.25) is 9.59 Å². The second-order valence-corrected chi connectivity index (χ2v) is 6.99. The minimum Gasteiger partial charge on any atom is -0.488 e. The average Bonchev–Trinajstić information content (AvgIpc) is 3.02. The van der Waals surface area contributed by atoms with Crippen LogP contribution >= 0.6 is 0 Å². The van der Waals surface area contributed by atoms with Crippen LogP contribution in [0.2, 0.25) is 0 Å². The molecule has 2 heterocycles. The normalized spacial score (nSPS) is 22.9. The highest BCUT2D eigenvalue weighted by Crippen LogP contribution is 2.28. The number of nitrogens with one attached hydrogen (secondary N) is 1. The minimum absolute atomic E-state index is 0.0239. The Kier molecular flexibility index (Phi) is 5.07. The van der Waals surface area contributed by atoms with Crippen molar-refractivity contribution in [2.24, 2.45) is 5.92 Å². The highest BCUT2D eigenvalue weighted by Gasteiger charge is 2.33. The number of rotatable bonds is 4. The number of carbonyl (C=O) groups excluding carboxylic acids is 2. The van der Waals surface area contributed by atoms with Gasteiger partial charge in [0.05, 0.1) is 6.54 Å². The Morgan fingerprint density at radius 2 is 2.08 bits per heavy atom. The van der Waals surface area contributed by atoms with Crippen molar-refractivity contribution >= 4 is 11.8 Å². The van der Waals surface area contributed by atoms with E-state index in [9.17, 15) is 9.59 Å². The fourth-order valence-electron chi connectivity index (χ4n) is 3.50. The molecule has 1 saturated heterocycles. The molecule has 0 bridgehead atoms. The average molecular weight is 330 g/mol. The lowest BCUT2D eigenvalue weighted by Crippen LogP contribution is -2.54. The maximum atomic E-state index is 12.6. The van der Waals surface area contributed by atoms with E-state index in [1.807, 2.05) is 32.0 Å². The summed E-state index contributed by atoms with van der Waals surface area (Å²) in [6.07, 6.45) is 3.50. The molecule has 3 rings (SSSR count). The molecule has 24 heavy (non-hydrogen) atoms. The zero-order valence-corrected chi connectivity index (χ0v) is 14.5. The molecule has 0 radical (unpaired) electrons. The van der Waals surface area contributed by atoms with Crippen LogP contribution in [0.25, 0.3) is 0 Å². The Morgan fingerprint density at radius 3 is 2.83 bits per heavy atom. The number of para-hydroxylation sites is 1. The molecule has 0 spiro atoms. The number of benzene rings is 1. The second kappa shape index (κ2) is 7.24. The van der Waals surface area contributed by atoms with Crippen LogP contribution in [0.5, 0.6) is 5.75 Å². The highest BCUT2D eigenvalue weighted by atomic mass is 16.5. The molecule has 0 saturated carbocycles. The van der Waals surface area contributed by atoms with Crippen LogP contribution in [-0.2, 0) is 16.0 Å². The lowest BCUT2D eigenvalue weighted by molar-refractivity contribution is -0.144. The lowest BCUT2D eigenvalue weighted by Gasteiger charge is -2.36. The molecule has 1 aromatic rings. The highest BCUT2D eigenvalue weighted by molar-refractivity contribution is 5.88. The zero-order chi connectivity index (χ0) is 17.1. The van der Waals surface area contributed by atoms with Gasteiger partial charge in [0.15, 0.2) is 0 Å². The van der Waals surface area contributed by atoms with Gasteiger partial charge in [-0.25, -0.2) is 0 Å². The van der Waals surface area contributed by atoms with Crippen molar-refractivity contribution in [2.45, 2.75) is 51.7 Å². The van der Waals surface area contributed by atoms with Crippen molar-refractivity contribution in [2.75, 3.05) is 13.1 Å². The number of carbonyl (C=O) groups is 2. The molecule has 130 valence electrons. The quantitative estimate of drug-likeness (QED) is 0.920. The first kappa shape index (κ1) is 16.8. The summed E-state index contributed by atoms with van der Waals surface area (Å²) in [5.74, 6) is 0.847. The summed E-state index contributed by atoms with van der Waals surface area (Å²) in [6.45, 7) is 4.93. The standard InChI is InChI=1S/C19H26N2O3/c1-13(2)19(23)21-10-6-5-8-16(21)18(22)20-12-15-11-14-7-3-4-9-17(14)24-15/h3-4,7,9,13,15-16H,5-6,8,10-12H2,1-2H3,(H,20,22). The van der Waals surface area contributed by atoms with E-state index in [2.05, 4.69) is 11.4 Å². The SMILES string of the molecule is CC(C)C(=O)N1CCCCC1C(=O)NCC1Cc2ccccc2O1. The number of hydrogen-bond donors (Lipinski definition) is 1. The summed E-state index contributed by atoms with van der Waals surface area (Å²) < 4.78 is 5.86. The monoisotopic (exact) mass is 330 g/mol. The Labute approximate surface area is 143 Å². The van der Waals surface area contributed by atoms with Gasteiger partial charge >= 0.3 is 0 Å². The van der Waals surface area contributed by atoms with Crippen LogP contribution in [0.15, 0.2) is 24.3 Å². The molecule has 5 heteroatoms. The predicted molar refractivity (Wildman–Crippen MR) is 91.8 cm³/mol. The van der Waals surface area contributed by atoms with Crippen molar-refractivity contribution in [3.05, 3.63) is 29.8 Å².